The zero-order valence-electron chi connectivity index (χ0n) is 78.8. The van der Waals surface area contributed by atoms with E-state index in [1.807, 2.05) is 0 Å². The summed E-state index contributed by atoms with van der Waals surface area (Å²) < 4.78 is 18.2. The van der Waals surface area contributed by atoms with Crippen LogP contribution in [0.15, 0.2) is 334 Å². The summed E-state index contributed by atoms with van der Waals surface area (Å²) in [4.78, 5) is 0. The van der Waals surface area contributed by atoms with Crippen LogP contribution in [0.5, 0.6) is 0 Å². The van der Waals surface area contributed by atoms with E-state index in [9.17, 15) is 0 Å². The van der Waals surface area contributed by atoms with Crippen LogP contribution in [0.25, 0.3) is 123 Å². The second kappa shape index (κ2) is 40.8. The maximum atomic E-state index is 2.50. The molecule has 12 aromatic carbocycles. The molecule has 0 amide bonds. The lowest BCUT2D eigenvalue weighted by Gasteiger charge is -2.23. The minimum Gasteiger partial charge on any atom is -0.232 e. The van der Waals surface area contributed by atoms with Crippen molar-refractivity contribution in [2.24, 2.45) is 42.3 Å². The minimum absolute atomic E-state index is 0.478. The van der Waals surface area contributed by atoms with Crippen molar-refractivity contribution < 1.29 is 27.4 Å². The average molecular weight is 1670 g/mol. The van der Waals surface area contributed by atoms with Crippen LogP contribution in [0.3, 0.4) is 0 Å². The third-order valence-electron chi connectivity index (χ3n) is 26.3. The van der Waals surface area contributed by atoms with E-state index in [0.717, 1.165) is 6.42 Å². The Morgan fingerprint density at radius 1 is 0.323 bits per heavy atom. The third kappa shape index (κ3) is 19.9. The molecule has 127 heavy (non-hydrogen) atoms. The van der Waals surface area contributed by atoms with Gasteiger partial charge in [-0.3, -0.25) is 0 Å². The molecule has 0 aliphatic heterocycles. The van der Waals surface area contributed by atoms with E-state index in [1.165, 1.54) is 221 Å². The van der Waals surface area contributed by atoms with E-state index in [1.54, 1.807) is 5.56 Å². The normalized spacial score (nSPS) is 12.1. The number of para-hydroxylation sites is 4. The Morgan fingerprint density at radius 2 is 0.780 bits per heavy atom. The molecular weight excluding hydrogens is 1540 g/mol. The zero-order chi connectivity index (χ0) is 89.7. The maximum absolute atomic E-state index is 2.50. The molecule has 8 nitrogen and oxygen atoms in total. The van der Waals surface area contributed by atoms with Crippen molar-refractivity contribution in [2.45, 2.75) is 153 Å². The van der Waals surface area contributed by atoms with Gasteiger partial charge in [-0.1, -0.05) is 247 Å². The Morgan fingerprint density at radius 3 is 1.35 bits per heavy atom. The van der Waals surface area contributed by atoms with Crippen LogP contribution in [0, 0.1) is 69.2 Å². The molecule has 1 unspecified atom stereocenters. The fraction of sp³-hybridized carbons (Fsp3) is 0.244. The van der Waals surface area contributed by atoms with Crippen LogP contribution in [-0.4, -0.2) is 9.13 Å². The van der Waals surface area contributed by atoms with Gasteiger partial charge in [-0.15, -0.1) is 0 Å². The molecule has 0 bridgehead atoms. The van der Waals surface area contributed by atoms with Gasteiger partial charge >= 0.3 is 0 Å². The van der Waals surface area contributed by atoms with Gasteiger partial charge in [0.05, 0.1) is 30.6 Å². The van der Waals surface area contributed by atoms with Crippen LogP contribution in [0.2, 0.25) is 0 Å². The Bertz CT molecular complexity index is 6870. The molecule has 8 heteroatoms. The van der Waals surface area contributed by atoms with Gasteiger partial charge in [-0.25, -0.2) is 18.3 Å². The largest absolute Gasteiger partial charge is 0.294 e. The maximum Gasteiger partial charge on any atom is 0.294 e. The molecule has 1 saturated carbocycles. The number of hydrogen-bond acceptors (Lipinski definition) is 0. The first kappa shape index (κ1) is 90.0. The summed E-state index contributed by atoms with van der Waals surface area (Å²) in [6.45, 7) is 31.1. The van der Waals surface area contributed by atoms with Crippen LogP contribution in [0.1, 0.15) is 156 Å². The number of aryl methyl sites for hydroxylation is 15. The van der Waals surface area contributed by atoms with Crippen LogP contribution in [-0.2, 0) is 42.3 Å². The number of fused-ring (bicyclic) bond motifs is 4. The van der Waals surface area contributed by atoms with Gasteiger partial charge in [-0.2, -0.15) is 18.3 Å². The first-order valence-corrected chi connectivity index (χ1v) is 45.7. The monoisotopic (exact) mass is 1670 g/mol. The van der Waals surface area contributed by atoms with Crippen LogP contribution in [0.4, 0.5) is 0 Å². The van der Waals surface area contributed by atoms with Gasteiger partial charge in [0.15, 0.2) is 12.4 Å². The van der Waals surface area contributed by atoms with Crippen molar-refractivity contribution in [3.63, 3.8) is 0 Å². The van der Waals surface area contributed by atoms with Crippen molar-refractivity contribution in [1.29, 1.82) is 0 Å². The highest BCUT2D eigenvalue weighted by Gasteiger charge is 2.30. The highest BCUT2D eigenvalue weighted by Crippen LogP contribution is 2.40. The van der Waals surface area contributed by atoms with Crippen molar-refractivity contribution >= 4 is 43.4 Å². The summed E-state index contributed by atoms with van der Waals surface area (Å²) >= 11 is 0. The molecular formula is C119H130N8+6. The van der Waals surface area contributed by atoms with Crippen molar-refractivity contribution in [3.05, 3.63) is 407 Å². The molecule has 1 atom stereocenters. The molecule has 6 aromatic heterocycles. The highest BCUT2D eigenvalue weighted by atomic mass is 15.2. The van der Waals surface area contributed by atoms with E-state index in [0.29, 0.717) is 17.8 Å². The van der Waals surface area contributed by atoms with Gasteiger partial charge in [0.1, 0.15) is 64.4 Å². The minimum atomic E-state index is 0.478. The Labute approximate surface area is 756 Å². The standard InChI is InChI=1S/C25H30N.C24H31N2.C19H21N2.3C17H16N/c1-17-14-18(2)19(3)22(15-17)25-16-23(20-10-6-5-7-11-20)21-12-8-9-13-24(21)26(25)4;1-7-18(4)21-14-10-13-20(17(2)3)23(21)26-16-15-25(6)24(26)22-12-9-8-11-19(22)5;1-14-8-5-6-11-17(14)19-20(4)12-13-21(19)18-15(2)9-7-10-16(18)3;1-13-7-3-6-10-16(13)17-11-14-8-4-5-9-15(14)12-18(17)2;1-13-7-3-5-9-15(13)17-16-10-6-4-8-14(16)11-12-18(17)2;1-13-7-3-5-9-15(13)17-12-11-14-8-4-6-10-16(14)18(17)2/h8-9,12-16,20H,5-7,10-11H2,1-4H3;8-18H,7H2,1-6H3;5-13H,1-4H3;3*3-12H,1-2H3/q6*+1. The van der Waals surface area contributed by atoms with Crippen LogP contribution < -0.4 is 27.4 Å². The molecule has 19 rings (SSSR count). The highest BCUT2D eigenvalue weighted by molar-refractivity contribution is 5.93. The van der Waals surface area contributed by atoms with E-state index >= 15 is 0 Å². The molecule has 18 aromatic rings. The number of hydrogen-bond donors (Lipinski definition) is 0. The molecule has 0 saturated heterocycles. The quantitative estimate of drug-likeness (QED) is 0.109. The van der Waals surface area contributed by atoms with E-state index < -0.39 is 0 Å². The van der Waals surface area contributed by atoms with Crippen LogP contribution >= 0.6 is 0 Å². The second-order valence-corrected chi connectivity index (χ2v) is 35.5. The van der Waals surface area contributed by atoms with Gasteiger partial charge in [0.2, 0.25) is 33.8 Å². The summed E-state index contributed by atoms with van der Waals surface area (Å²) in [6.07, 6.45) is 20.9. The lowest BCUT2D eigenvalue weighted by Crippen LogP contribution is -2.33. The van der Waals surface area contributed by atoms with Crippen molar-refractivity contribution in [2.75, 3.05) is 0 Å². The number of rotatable bonds is 12. The average Bonchev–Trinajstić information content (AvgIpc) is 1.47. The summed E-state index contributed by atoms with van der Waals surface area (Å²) in [5, 5.41) is 7.86. The number of imidazole rings is 2. The molecule has 1 aliphatic carbocycles. The number of aromatic nitrogens is 8. The molecule has 640 valence electrons. The fourth-order valence-corrected chi connectivity index (χ4v) is 18.9. The molecule has 1 fully saturated rings. The molecule has 1 aliphatic rings. The molecule has 6 heterocycles. The van der Waals surface area contributed by atoms with E-state index in [2.05, 4.69) is 510 Å². The topological polar surface area (TPSA) is 33.1 Å². The summed E-state index contributed by atoms with van der Waals surface area (Å²) in [7, 11) is 12.8. The Kier molecular flexibility index (Phi) is 28.9. The van der Waals surface area contributed by atoms with Gasteiger partial charge < -0.3 is 0 Å². The summed E-state index contributed by atoms with van der Waals surface area (Å²) in [5.41, 5.74) is 35.9. The van der Waals surface area contributed by atoms with E-state index in [-0.39, 0.29) is 0 Å². The zero-order valence-corrected chi connectivity index (χ0v) is 78.8. The number of nitrogens with zero attached hydrogens (tertiary/aromatic N) is 8. The fourth-order valence-electron chi connectivity index (χ4n) is 18.9. The predicted octanol–water partition coefficient (Wildman–Crippen LogP) is 27.0. The SMILES string of the molecule is CCC(C)c1cccc(C(C)C)c1-n1cc[n+](C)c1-c1ccccc1C.Cc1cc(C)c(C)c(-c2cc(C3CCCCC3)c3ccccc3[n+]2C)c1.Cc1ccccc1-c1c2ccccc2cc[n+]1C.Cc1ccccc1-c1cc2ccccc2c[n+]1C.Cc1ccccc1-c1ccc2ccccc2[n+]1C.Cc1ccccc1-c1n(-c2c(C)cccc2C)cc[n+]1C. The summed E-state index contributed by atoms with van der Waals surface area (Å²) in [6, 6.07) is 106. The lowest BCUT2D eigenvalue weighted by molar-refractivity contribution is -0.659. The number of benzene rings is 12. The third-order valence-corrected chi connectivity index (χ3v) is 26.3. The molecule has 0 spiro atoms. The smallest absolute Gasteiger partial charge is 0.232 e. The predicted molar refractivity (Wildman–Crippen MR) is 533 cm³/mol. The van der Waals surface area contributed by atoms with Crippen molar-refractivity contribution in [1.82, 2.24) is 9.13 Å². The van der Waals surface area contributed by atoms with E-state index in [4.69, 9.17) is 0 Å². The first-order valence-electron chi connectivity index (χ1n) is 45.7. The Hall–Kier alpha value is -13.3. The first-order chi connectivity index (χ1) is 61.4. The Balaban J connectivity index is 0.000000124. The molecule has 0 radical (unpaired) electrons. The van der Waals surface area contributed by atoms with Crippen molar-refractivity contribution in [3.8, 4) is 79.2 Å². The van der Waals surface area contributed by atoms with Gasteiger partial charge in [-0.05, 0) is 239 Å². The van der Waals surface area contributed by atoms with Gasteiger partial charge in [0, 0.05) is 85.9 Å². The molecule has 0 N–H and O–H groups in total. The second-order valence-electron chi connectivity index (χ2n) is 35.5. The summed E-state index contributed by atoms with van der Waals surface area (Å²) in [5.74, 6) is 4.17. The lowest BCUT2D eigenvalue weighted by atomic mass is 9.82. The van der Waals surface area contributed by atoms with Gasteiger partial charge in [0.25, 0.3) is 11.6 Å². The number of pyridine rings is 4.